The molecule has 0 amide bonds. The highest BCUT2D eigenvalue weighted by molar-refractivity contribution is 7.92. The van der Waals surface area contributed by atoms with Crippen molar-refractivity contribution in [2.45, 2.75) is 10.5 Å². The average Bonchev–Trinajstić information content (AvgIpc) is 3.00. The van der Waals surface area contributed by atoms with E-state index in [1.807, 2.05) is 24.3 Å². The van der Waals surface area contributed by atoms with Crippen LogP contribution >= 0.6 is 0 Å². The molecular formula is C32H29NO5S. The highest BCUT2D eigenvalue weighted by Gasteiger charge is 2.35. The van der Waals surface area contributed by atoms with Crippen molar-refractivity contribution in [3.05, 3.63) is 132 Å². The molecule has 0 unspecified atom stereocenters. The van der Waals surface area contributed by atoms with Gasteiger partial charge in [0.15, 0.2) is 0 Å². The molecule has 39 heavy (non-hydrogen) atoms. The van der Waals surface area contributed by atoms with Crippen LogP contribution in [0, 0.1) is 0 Å². The largest absolute Gasteiger partial charge is 0.497 e. The van der Waals surface area contributed by atoms with Gasteiger partial charge in [-0.15, -0.1) is 0 Å². The summed E-state index contributed by atoms with van der Waals surface area (Å²) in [4.78, 5) is 0.190. The number of hydrogen-bond acceptors (Lipinski definition) is 5. The molecule has 1 N–H and O–H groups in total. The van der Waals surface area contributed by atoms with Crippen LogP contribution in [-0.2, 0) is 15.6 Å². The first-order chi connectivity index (χ1) is 18.8. The third kappa shape index (κ3) is 4.82. The Hall–Kier alpha value is -4.33. The number of ether oxygens (including phenoxy) is 2. The van der Waals surface area contributed by atoms with E-state index in [0.717, 1.165) is 10.8 Å². The lowest BCUT2D eigenvalue weighted by Crippen LogP contribution is -2.30. The maximum atomic E-state index is 13.7. The molecule has 198 valence electrons. The van der Waals surface area contributed by atoms with E-state index in [1.54, 1.807) is 105 Å². The van der Waals surface area contributed by atoms with Crippen LogP contribution in [-0.4, -0.2) is 34.8 Å². The number of fused-ring (bicyclic) bond motifs is 1. The lowest BCUT2D eigenvalue weighted by molar-refractivity contribution is 0.125. The van der Waals surface area contributed by atoms with Crippen LogP contribution in [0.1, 0.15) is 16.7 Å². The van der Waals surface area contributed by atoms with Crippen molar-refractivity contribution in [2.24, 2.45) is 0 Å². The Bertz CT molecular complexity index is 1670. The van der Waals surface area contributed by atoms with Crippen molar-refractivity contribution in [1.29, 1.82) is 0 Å². The van der Waals surface area contributed by atoms with Crippen molar-refractivity contribution in [1.82, 2.24) is 0 Å². The molecule has 6 nitrogen and oxygen atoms in total. The van der Waals surface area contributed by atoms with E-state index in [-0.39, 0.29) is 4.90 Å². The standard InChI is InChI=1S/C32H29NO5S/c1-33(39(35,36)31-20-11-23-7-4-5-8-24(23)21-31)28-10-6-9-27(22-28)32(34,25-12-16-29(37-2)17-13-25)26-14-18-30(38-3)19-15-26/h4-22,34H,1-3H3. The summed E-state index contributed by atoms with van der Waals surface area (Å²) in [5, 5.41) is 14.2. The van der Waals surface area contributed by atoms with Gasteiger partial charge in [-0.3, -0.25) is 4.31 Å². The van der Waals surface area contributed by atoms with Gasteiger partial charge in [0.2, 0.25) is 0 Å². The predicted octanol–water partition coefficient (Wildman–Crippen LogP) is 5.97. The SMILES string of the molecule is COc1ccc(C(O)(c2ccc(OC)cc2)c2cccc(N(C)S(=O)(=O)c3ccc4ccccc4c3)c2)cc1. The molecule has 0 heterocycles. The van der Waals surface area contributed by atoms with Crippen LogP contribution in [0.5, 0.6) is 11.5 Å². The van der Waals surface area contributed by atoms with Gasteiger partial charge >= 0.3 is 0 Å². The zero-order valence-corrected chi connectivity index (χ0v) is 22.7. The van der Waals surface area contributed by atoms with Crippen LogP contribution in [0.15, 0.2) is 120 Å². The zero-order valence-electron chi connectivity index (χ0n) is 21.9. The smallest absolute Gasteiger partial charge is 0.264 e. The van der Waals surface area contributed by atoms with Gasteiger partial charge < -0.3 is 14.6 Å². The monoisotopic (exact) mass is 539 g/mol. The minimum absolute atomic E-state index is 0.190. The Morgan fingerprint density at radius 1 is 0.641 bits per heavy atom. The molecule has 0 spiro atoms. The molecule has 7 heteroatoms. The fraction of sp³-hybridized carbons (Fsp3) is 0.125. The third-order valence-electron chi connectivity index (χ3n) is 7.02. The summed E-state index contributed by atoms with van der Waals surface area (Å²) in [5.74, 6) is 1.32. The molecule has 5 aromatic carbocycles. The molecule has 0 saturated carbocycles. The molecule has 0 aliphatic rings. The molecule has 0 aliphatic heterocycles. The number of hydrogen-bond donors (Lipinski definition) is 1. The van der Waals surface area contributed by atoms with Crippen LogP contribution < -0.4 is 13.8 Å². The van der Waals surface area contributed by atoms with Crippen LogP contribution in [0.2, 0.25) is 0 Å². The van der Waals surface area contributed by atoms with Gasteiger partial charge in [-0.05, 0) is 76.0 Å². The van der Waals surface area contributed by atoms with Gasteiger partial charge in [0, 0.05) is 7.05 Å². The first kappa shape index (κ1) is 26.3. The van der Waals surface area contributed by atoms with Crippen molar-refractivity contribution in [2.75, 3.05) is 25.6 Å². The van der Waals surface area contributed by atoms with Gasteiger partial charge in [0.25, 0.3) is 10.0 Å². The van der Waals surface area contributed by atoms with Gasteiger partial charge in [-0.25, -0.2) is 8.42 Å². The minimum Gasteiger partial charge on any atom is -0.497 e. The first-order valence-corrected chi connectivity index (χ1v) is 13.8. The average molecular weight is 540 g/mol. The Kier molecular flexibility index (Phi) is 7.04. The number of nitrogens with zero attached hydrogens (tertiary/aromatic N) is 1. The summed E-state index contributed by atoms with van der Waals surface area (Å²) in [6, 6.07) is 34.0. The van der Waals surface area contributed by atoms with Crippen molar-refractivity contribution in [3.8, 4) is 11.5 Å². The fourth-order valence-electron chi connectivity index (χ4n) is 4.72. The molecule has 5 rings (SSSR count). The second-order valence-corrected chi connectivity index (χ2v) is 11.2. The normalized spacial score (nSPS) is 11.8. The minimum atomic E-state index is -3.87. The Labute approximate surface area is 228 Å². The maximum absolute atomic E-state index is 13.7. The van der Waals surface area contributed by atoms with Crippen molar-refractivity contribution >= 4 is 26.5 Å². The molecule has 0 aliphatic carbocycles. The number of anilines is 1. The summed E-state index contributed by atoms with van der Waals surface area (Å²) in [6.45, 7) is 0. The molecule has 0 saturated heterocycles. The van der Waals surface area contributed by atoms with E-state index in [1.165, 1.54) is 11.4 Å². The topological polar surface area (TPSA) is 76.1 Å². The van der Waals surface area contributed by atoms with E-state index in [2.05, 4.69) is 0 Å². The second kappa shape index (κ2) is 10.4. The fourth-order valence-corrected chi connectivity index (χ4v) is 5.94. The summed E-state index contributed by atoms with van der Waals surface area (Å²) in [6.07, 6.45) is 0. The van der Waals surface area contributed by atoms with Gasteiger partial charge in [-0.1, -0.05) is 66.7 Å². The highest BCUT2D eigenvalue weighted by atomic mass is 32.2. The molecule has 0 radical (unpaired) electrons. The van der Waals surface area contributed by atoms with E-state index in [0.29, 0.717) is 33.9 Å². The maximum Gasteiger partial charge on any atom is 0.264 e. The Balaban J connectivity index is 1.60. The summed E-state index contributed by atoms with van der Waals surface area (Å²) < 4.78 is 39.2. The van der Waals surface area contributed by atoms with E-state index >= 15 is 0 Å². The van der Waals surface area contributed by atoms with Gasteiger partial charge in [0.05, 0.1) is 24.8 Å². The molecule has 0 atom stereocenters. The Morgan fingerprint density at radius 3 is 1.77 bits per heavy atom. The van der Waals surface area contributed by atoms with E-state index in [9.17, 15) is 13.5 Å². The number of sulfonamides is 1. The van der Waals surface area contributed by atoms with Gasteiger partial charge in [-0.2, -0.15) is 0 Å². The van der Waals surface area contributed by atoms with Crippen molar-refractivity contribution in [3.63, 3.8) is 0 Å². The molecule has 5 aromatic rings. The van der Waals surface area contributed by atoms with Gasteiger partial charge in [0.1, 0.15) is 17.1 Å². The lowest BCUT2D eigenvalue weighted by atomic mass is 9.80. The lowest BCUT2D eigenvalue weighted by Gasteiger charge is -2.31. The zero-order chi connectivity index (χ0) is 27.6. The quantitative estimate of drug-likeness (QED) is 0.246. The number of aliphatic hydroxyl groups is 1. The number of rotatable bonds is 8. The predicted molar refractivity (Wildman–Crippen MR) is 154 cm³/mol. The molecule has 0 fully saturated rings. The Morgan fingerprint density at radius 2 is 1.21 bits per heavy atom. The second-order valence-electron chi connectivity index (χ2n) is 9.20. The van der Waals surface area contributed by atoms with Crippen LogP contribution in [0.25, 0.3) is 10.8 Å². The van der Waals surface area contributed by atoms with E-state index < -0.39 is 15.6 Å². The number of methoxy groups -OCH3 is 2. The molecule has 0 bridgehead atoms. The third-order valence-corrected chi connectivity index (χ3v) is 8.80. The molecular weight excluding hydrogens is 510 g/mol. The van der Waals surface area contributed by atoms with Crippen molar-refractivity contribution < 1.29 is 23.0 Å². The van der Waals surface area contributed by atoms with Crippen LogP contribution in [0.3, 0.4) is 0 Å². The summed E-state index contributed by atoms with van der Waals surface area (Å²) in [7, 11) is 0.810. The molecule has 0 aromatic heterocycles. The van der Waals surface area contributed by atoms with Crippen LogP contribution in [0.4, 0.5) is 5.69 Å². The first-order valence-electron chi connectivity index (χ1n) is 12.4. The summed E-state index contributed by atoms with van der Waals surface area (Å²) in [5.41, 5.74) is 0.551. The number of benzene rings is 5. The highest BCUT2D eigenvalue weighted by Crippen LogP contribution is 2.39. The van der Waals surface area contributed by atoms with E-state index in [4.69, 9.17) is 9.47 Å². The summed E-state index contributed by atoms with van der Waals surface area (Å²) >= 11 is 0.